The fourth-order valence-corrected chi connectivity index (χ4v) is 3.44. The monoisotopic (exact) mass is 383 g/mol. The van der Waals surface area contributed by atoms with Gasteiger partial charge in [0.1, 0.15) is 5.03 Å². The fraction of sp³-hybridized carbons (Fsp3) is 0.600. The van der Waals surface area contributed by atoms with Crippen LogP contribution in [0.15, 0.2) is 15.5 Å². The van der Waals surface area contributed by atoms with E-state index in [2.05, 4.69) is 20.0 Å². The standard InChI is InChI=1S/C15H22N6O2S2/c1-11-8-13(17-14(16-11)20-4-6-22-7-5-20)25-9-12-18-21(10-19(2)3)15(24)23-12/h8H,4-7,9-10H2,1-3H3/p+1. The van der Waals surface area contributed by atoms with Crippen molar-refractivity contribution in [3.8, 4) is 0 Å². The molecular weight excluding hydrogens is 360 g/mol. The summed E-state index contributed by atoms with van der Waals surface area (Å²) in [5.41, 5.74) is 0.946. The number of aryl methyl sites for hydroxylation is 1. The number of thioether (sulfide) groups is 1. The van der Waals surface area contributed by atoms with Crippen LogP contribution in [0.3, 0.4) is 0 Å². The van der Waals surface area contributed by atoms with Gasteiger partial charge in [-0.25, -0.2) is 9.97 Å². The molecule has 0 spiro atoms. The van der Waals surface area contributed by atoms with E-state index in [4.69, 9.17) is 21.4 Å². The Labute approximate surface area is 156 Å². The number of rotatable bonds is 6. The van der Waals surface area contributed by atoms with Crippen molar-refractivity contribution in [3.63, 3.8) is 0 Å². The minimum absolute atomic E-state index is 0.407. The van der Waals surface area contributed by atoms with Crippen LogP contribution in [0.4, 0.5) is 5.95 Å². The van der Waals surface area contributed by atoms with E-state index in [0.29, 0.717) is 36.4 Å². The molecule has 2 aromatic rings. The van der Waals surface area contributed by atoms with Gasteiger partial charge < -0.3 is 19.0 Å². The van der Waals surface area contributed by atoms with Crippen LogP contribution >= 0.6 is 24.0 Å². The first-order valence-corrected chi connectivity index (χ1v) is 9.57. The third-order valence-corrected chi connectivity index (χ3v) is 4.76. The van der Waals surface area contributed by atoms with E-state index >= 15 is 0 Å². The van der Waals surface area contributed by atoms with E-state index in [1.54, 1.807) is 16.4 Å². The molecule has 1 aliphatic rings. The Hall–Kier alpha value is -1.49. The van der Waals surface area contributed by atoms with Crippen LogP contribution < -0.4 is 9.80 Å². The predicted octanol–water partition coefficient (Wildman–Crippen LogP) is 0.535. The number of ether oxygens (including phenoxy) is 1. The average molecular weight is 384 g/mol. The second kappa shape index (κ2) is 8.26. The number of morpholine rings is 1. The lowest BCUT2D eigenvalue weighted by Crippen LogP contribution is -3.05. The topological polar surface area (TPSA) is 73.7 Å². The maximum Gasteiger partial charge on any atom is 0.291 e. The number of nitrogens with zero attached hydrogens (tertiary/aromatic N) is 5. The Morgan fingerprint density at radius 3 is 2.76 bits per heavy atom. The predicted molar refractivity (Wildman–Crippen MR) is 97.5 cm³/mol. The van der Waals surface area contributed by atoms with Crippen LogP contribution in [0.2, 0.25) is 0 Å². The summed E-state index contributed by atoms with van der Waals surface area (Å²) in [6, 6.07) is 1.98. The van der Waals surface area contributed by atoms with E-state index in [1.807, 2.05) is 27.1 Å². The molecule has 136 valence electrons. The van der Waals surface area contributed by atoms with E-state index < -0.39 is 0 Å². The molecule has 0 aliphatic carbocycles. The summed E-state index contributed by atoms with van der Waals surface area (Å²) >= 11 is 6.79. The van der Waals surface area contributed by atoms with Crippen molar-refractivity contribution >= 4 is 29.9 Å². The highest BCUT2D eigenvalue weighted by atomic mass is 32.2. The summed E-state index contributed by atoms with van der Waals surface area (Å²) in [4.78, 5) is 13.0. The third-order valence-electron chi connectivity index (χ3n) is 3.57. The second-order valence-electron chi connectivity index (χ2n) is 6.16. The summed E-state index contributed by atoms with van der Waals surface area (Å²) in [6.07, 6.45) is 0. The first kappa shape index (κ1) is 18.3. The molecule has 0 bridgehead atoms. The van der Waals surface area contributed by atoms with E-state index in [9.17, 15) is 0 Å². The summed E-state index contributed by atoms with van der Waals surface area (Å²) in [6.45, 7) is 5.73. The second-order valence-corrected chi connectivity index (χ2v) is 7.51. The Balaban J connectivity index is 1.68. The van der Waals surface area contributed by atoms with Crippen molar-refractivity contribution in [2.24, 2.45) is 0 Å². The molecule has 25 heavy (non-hydrogen) atoms. The minimum atomic E-state index is 0.407. The minimum Gasteiger partial charge on any atom is -0.413 e. The highest BCUT2D eigenvalue weighted by molar-refractivity contribution is 7.98. The van der Waals surface area contributed by atoms with Gasteiger partial charge in [-0.15, -0.1) is 5.10 Å². The molecule has 1 saturated heterocycles. The molecule has 8 nitrogen and oxygen atoms in total. The van der Waals surface area contributed by atoms with Crippen molar-refractivity contribution in [2.45, 2.75) is 24.4 Å². The van der Waals surface area contributed by atoms with Gasteiger partial charge >= 0.3 is 0 Å². The number of aromatic nitrogens is 4. The summed E-state index contributed by atoms with van der Waals surface area (Å²) < 4.78 is 12.7. The van der Waals surface area contributed by atoms with E-state index in [1.165, 1.54) is 4.90 Å². The van der Waals surface area contributed by atoms with Gasteiger partial charge in [0.05, 0.1) is 33.1 Å². The first-order valence-electron chi connectivity index (χ1n) is 8.18. The number of nitrogens with one attached hydrogen (secondary N) is 1. The highest BCUT2D eigenvalue weighted by Crippen LogP contribution is 2.23. The quantitative estimate of drug-likeness (QED) is 0.440. The molecule has 10 heteroatoms. The lowest BCUT2D eigenvalue weighted by molar-refractivity contribution is -0.883. The van der Waals surface area contributed by atoms with Crippen LogP contribution in [0.1, 0.15) is 11.6 Å². The van der Waals surface area contributed by atoms with Gasteiger partial charge in [-0.3, -0.25) is 0 Å². The van der Waals surface area contributed by atoms with Crippen molar-refractivity contribution in [1.29, 1.82) is 0 Å². The molecule has 3 rings (SSSR count). The molecule has 0 aromatic carbocycles. The number of anilines is 1. The summed E-state index contributed by atoms with van der Waals surface area (Å²) in [5, 5.41) is 5.34. The molecule has 0 saturated carbocycles. The number of quaternary nitrogens is 1. The third kappa shape index (κ3) is 5.00. The van der Waals surface area contributed by atoms with Crippen LogP contribution in [-0.4, -0.2) is 60.1 Å². The molecule has 1 fully saturated rings. The molecule has 3 heterocycles. The molecule has 1 N–H and O–H groups in total. The Morgan fingerprint density at radius 1 is 1.28 bits per heavy atom. The van der Waals surface area contributed by atoms with Crippen molar-refractivity contribution in [3.05, 3.63) is 22.5 Å². The molecule has 0 atom stereocenters. The van der Waals surface area contributed by atoms with Crippen molar-refractivity contribution in [2.75, 3.05) is 45.3 Å². The van der Waals surface area contributed by atoms with Crippen molar-refractivity contribution < 1.29 is 14.1 Å². The zero-order valence-corrected chi connectivity index (χ0v) is 16.3. The van der Waals surface area contributed by atoms with Gasteiger partial charge in [0, 0.05) is 18.8 Å². The summed E-state index contributed by atoms with van der Waals surface area (Å²) in [5.74, 6) is 1.95. The van der Waals surface area contributed by atoms with Crippen LogP contribution in [0.5, 0.6) is 0 Å². The van der Waals surface area contributed by atoms with Gasteiger partial charge in [-0.1, -0.05) is 11.8 Å². The number of hydrogen-bond donors (Lipinski definition) is 1. The van der Waals surface area contributed by atoms with Gasteiger partial charge in [0.25, 0.3) is 4.84 Å². The smallest absolute Gasteiger partial charge is 0.291 e. The molecular formula is C15H23N6O2S2+. The first-order chi connectivity index (χ1) is 12.0. The lowest BCUT2D eigenvalue weighted by atomic mass is 10.4. The Kier molecular flexibility index (Phi) is 6.05. The maximum absolute atomic E-state index is 5.58. The molecule has 2 aromatic heterocycles. The Morgan fingerprint density at radius 2 is 2.04 bits per heavy atom. The highest BCUT2D eigenvalue weighted by Gasteiger charge is 2.16. The normalized spacial score (nSPS) is 15.1. The molecule has 0 unspecified atom stereocenters. The van der Waals surface area contributed by atoms with Gasteiger partial charge in [0.2, 0.25) is 11.8 Å². The molecule has 1 aliphatic heterocycles. The van der Waals surface area contributed by atoms with E-state index in [0.717, 1.165) is 29.8 Å². The molecule has 0 radical (unpaired) electrons. The maximum atomic E-state index is 5.58. The lowest BCUT2D eigenvalue weighted by Gasteiger charge is -2.27. The zero-order chi connectivity index (χ0) is 17.8. The Bertz CT molecular complexity index is 770. The zero-order valence-electron chi connectivity index (χ0n) is 14.7. The van der Waals surface area contributed by atoms with Gasteiger partial charge in [-0.05, 0) is 25.2 Å². The molecule has 0 amide bonds. The largest absolute Gasteiger partial charge is 0.413 e. The SMILES string of the molecule is Cc1cc(SCc2nn(C[NH+](C)C)c(=S)o2)nc(N2CCOCC2)n1. The van der Waals surface area contributed by atoms with Crippen LogP contribution in [0.25, 0.3) is 0 Å². The summed E-state index contributed by atoms with van der Waals surface area (Å²) in [7, 11) is 4.09. The fourth-order valence-electron chi connectivity index (χ4n) is 2.45. The van der Waals surface area contributed by atoms with Crippen molar-refractivity contribution in [1.82, 2.24) is 19.7 Å². The van der Waals surface area contributed by atoms with Crippen LogP contribution in [0, 0.1) is 11.8 Å². The number of hydrogen-bond acceptors (Lipinski definition) is 8. The van der Waals surface area contributed by atoms with Gasteiger partial charge in [0.15, 0.2) is 6.67 Å². The van der Waals surface area contributed by atoms with E-state index in [-0.39, 0.29) is 0 Å². The van der Waals surface area contributed by atoms with Crippen LogP contribution in [-0.2, 0) is 17.2 Å². The van der Waals surface area contributed by atoms with Gasteiger partial charge in [-0.2, -0.15) is 4.68 Å². The average Bonchev–Trinajstić information content (AvgIpc) is 2.92.